The van der Waals surface area contributed by atoms with Crippen molar-refractivity contribution in [3.8, 4) is 0 Å². The van der Waals surface area contributed by atoms with E-state index in [2.05, 4.69) is 5.32 Å². The van der Waals surface area contributed by atoms with Crippen LogP contribution in [-0.2, 0) is 26.2 Å². The zero-order valence-corrected chi connectivity index (χ0v) is 25.1. The lowest BCUT2D eigenvalue weighted by Crippen LogP contribution is -2.52. The van der Waals surface area contributed by atoms with Crippen molar-refractivity contribution >= 4 is 62.3 Å². The number of amides is 2. The number of hydrogen-bond donors (Lipinski definition) is 1. The van der Waals surface area contributed by atoms with E-state index in [4.69, 9.17) is 34.8 Å². The van der Waals surface area contributed by atoms with Crippen molar-refractivity contribution in [1.82, 2.24) is 10.2 Å². The number of hydrogen-bond acceptors (Lipinski definition) is 4. The van der Waals surface area contributed by atoms with Gasteiger partial charge in [0.05, 0.1) is 10.6 Å². The first kappa shape index (κ1) is 30.8. The van der Waals surface area contributed by atoms with Crippen LogP contribution < -0.4 is 9.62 Å². The topological polar surface area (TPSA) is 86.8 Å². The Hall–Kier alpha value is -2.78. The molecule has 0 saturated heterocycles. The van der Waals surface area contributed by atoms with Gasteiger partial charge in [-0.05, 0) is 81.3 Å². The summed E-state index contributed by atoms with van der Waals surface area (Å²) in [5.74, 6) is -0.973. The number of carbonyl (C=O) groups is 2. The summed E-state index contributed by atoms with van der Waals surface area (Å²) in [6, 6.07) is 16.3. The fourth-order valence-electron chi connectivity index (χ4n) is 3.91. The van der Waals surface area contributed by atoms with Crippen molar-refractivity contribution in [3.05, 3.63) is 92.9 Å². The minimum Gasteiger partial charge on any atom is -0.352 e. The van der Waals surface area contributed by atoms with Gasteiger partial charge < -0.3 is 10.2 Å². The highest BCUT2D eigenvalue weighted by Crippen LogP contribution is 2.29. The number of para-hydroxylation sites is 1. The third kappa shape index (κ3) is 7.66. The molecule has 0 heterocycles. The van der Waals surface area contributed by atoms with Gasteiger partial charge in [-0.2, -0.15) is 0 Å². The molecular formula is C28H30Cl3N3O4S. The number of nitrogens with zero attached hydrogens (tertiary/aromatic N) is 2. The van der Waals surface area contributed by atoms with Gasteiger partial charge in [0.15, 0.2) is 0 Å². The lowest BCUT2D eigenvalue weighted by Gasteiger charge is -2.33. The molecule has 1 atom stereocenters. The molecule has 3 aromatic carbocycles. The van der Waals surface area contributed by atoms with Gasteiger partial charge in [0.2, 0.25) is 11.8 Å². The van der Waals surface area contributed by atoms with Crippen LogP contribution >= 0.6 is 34.8 Å². The lowest BCUT2D eigenvalue weighted by molar-refractivity contribution is -0.139. The molecule has 0 aliphatic rings. The molecule has 0 saturated carbocycles. The average molecular weight is 611 g/mol. The summed E-state index contributed by atoms with van der Waals surface area (Å²) in [7, 11) is -4.19. The van der Waals surface area contributed by atoms with Crippen molar-refractivity contribution in [3.63, 3.8) is 0 Å². The summed E-state index contributed by atoms with van der Waals surface area (Å²) in [5, 5.41) is 3.93. The average Bonchev–Trinajstić information content (AvgIpc) is 2.86. The second-order valence-electron chi connectivity index (χ2n) is 9.35. The van der Waals surface area contributed by atoms with Gasteiger partial charge in [-0.25, -0.2) is 8.42 Å². The summed E-state index contributed by atoms with van der Waals surface area (Å²) in [6.45, 7) is 6.38. The van der Waals surface area contributed by atoms with Crippen molar-refractivity contribution in [2.75, 3.05) is 10.8 Å². The van der Waals surface area contributed by atoms with Crippen molar-refractivity contribution < 1.29 is 18.0 Å². The third-order valence-electron chi connectivity index (χ3n) is 6.02. The van der Waals surface area contributed by atoms with Crippen molar-refractivity contribution in [2.24, 2.45) is 0 Å². The number of nitrogens with one attached hydrogen (secondary N) is 1. The molecule has 208 valence electrons. The van der Waals surface area contributed by atoms with Crippen LogP contribution in [0.5, 0.6) is 0 Å². The van der Waals surface area contributed by atoms with Gasteiger partial charge in [-0.15, -0.1) is 0 Å². The highest BCUT2D eigenvalue weighted by molar-refractivity contribution is 7.92. The molecule has 0 radical (unpaired) electrons. The Kier molecular flexibility index (Phi) is 10.3. The summed E-state index contributed by atoms with van der Waals surface area (Å²) < 4.78 is 28.8. The standard InChI is InChI=1S/C28H30Cl3N3O4S/c1-18(2)32-28(36)20(4)33(16-21-9-10-23(30)15-25(21)31)27(35)17-34(26-8-6-5-7-19(26)3)39(37,38)24-13-11-22(29)12-14-24/h5-15,18,20H,16-17H2,1-4H3,(H,32,36)/t20-/m0/s1. The number of anilines is 1. The molecule has 2 amide bonds. The molecule has 0 unspecified atom stereocenters. The highest BCUT2D eigenvalue weighted by Gasteiger charge is 2.33. The summed E-state index contributed by atoms with van der Waals surface area (Å²) in [6.07, 6.45) is 0. The number of aryl methyl sites for hydroxylation is 1. The second-order valence-corrected chi connectivity index (χ2v) is 12.5. The zero-order chi connectivity index (χ0) is 28.9. The van der Waals surface area contributed by atoms with Crippen LogP contribution in [0.15, 0.2) is 71.6 Å². The minimum atomic E-state index is -4.19. The predicted molar refractivity (Wildman–Crippen MR) is 157 cm³/mol. The Morgan fingerprint density at radius 1 is 0.897 bits per heavy atom. The molecule has 0 spiro atoms. The van der Waals surface area contributed by atoms with Crippen LogP contribution in [-0.4, -0.2) is 43.8 Å². The van der Waals surface area contributed by atoms with Gasteiger partial charge in [0.25, 0.3) is 10.0 Å². The Morgan fingerprint density at radius 3 is 2.10 bits per heavy atom. The highest BCUT2D eigenvalue weighted by atomic mass is 35.5. The zero-order valence-electron chi connectivity index (χ0n) is 22.0. The Morgan fingerprint density at radius 2 is 1.51 bits per heavy atom. The number of carbonyl (C=O) groups excluding carboxylic acids is 2. The molecule has 39 heavy (non-hydrogen) atoms. The number of halogens is 3. The molecule has 3 rings (SSSR count). The van der Waals surface area contributed by atoms with E-state index >= 15 is 0 Å². The minimum absolute atomic E-state index is 0.0270. The van der Waals surface area contributed by atoms with E-state index in [1.807, 2.05) is 13.8 Å². The largest absolute Gasteiger partial charge is 0.352 e. The normalized spacial score (nSPS) is 12.2. The number of benzene rings is 3. The van der Waals surface area contributed by atoms with Crippen LogP contribution in [0.1, 0.15) is 31.9 Å². The number of rotatable bonds is 10. The van der Waals surface area contributed by atoms with E-state index in [0.29, 0.717) is 31.9 Å². The SMILES string of the molecule is Cc1ccccc1N(CC(=O)N(Cc1ccc(Cl)cc1Cl)[C@@H](C)C(=O)NC(C)C)S(=O)(=O)c1ccc(Cl)cc1. The van der Waals surface area contributed by atoms with E-state index < -0.39 is 28.5 Å². The van der Waals surface area contributed by atoms with Crippen molar-refractivity contribution in [1.29, 1.82) is 0 Å². The van der Waals surface area contributed by atoms with Crippen LogP contribution in [0.4, 0.5) is 5.69 Å². The predicted octanol–water partition coefficient (Wildman–Crippen LogP) is 6.09. The maximum atomic E-state index is 13.9. The molecule has 0 aliphatic carbocycles. The fourth-order valence-corrected chi connectivity index (χ4v) is 5.98. The third-order valence-corrected chi connectivity index (χ3v) is 8.63. The Balaban J connectivity index is 2.06. The number of sulfonamides is 1. The molecule has 0 aliphatic heterocycles. The molecule has 3 aromatic rings. The van der Waals surface area contributed by atoms with Crippen LogP contribution in [0, 0.1) is 6.92 Å². The molecule has 1 N–H and O–H groups in total. The van der Waals surface area contributed by atoms with Gasteiger partial charge in [-0.1, -0.05) is 59.1 Å². The second kappa shape index (κ2) is 13.0. The smallest absolute Gasteiger partial charge is 0.264 e. The maximum absolute atomic E-state index is 13.9. The van der Waals surface area contributed by atoms with E-state index in [-0.39, 0.29) is 23.4 Å². The molecule has 7 nitrogen and oxygen atoms in total. The quantitative estimate of drug-likeness (QED) is 0.301. The van der Waals surface area contributed by atoms with Crippen LogP contribution in [0.2, 0.25) is 15.1 Å². The van der Waals surface area contributed by atoms with Gasteiger partial charge in [-0.3, -0.25) is 13.9 Å². The lowest BCUT2D eigenvalue weighted by atomic mass is 10.1. The monoisotopic (exact) mass is 609 g/mol. The van der Waals surface area contributed by atoms with Crippen LogP contribution in [0.25, 0.3) is 0 Å². The first-order valence-corrected chi connectivity index (χ1v) is 14.8. The van der Waals surface area contributed by atoms with E-state index in [1.54, 1.807) is 56.3 Å². The van der Waals surface area contributed by atoms with Crippen LogP contribution in [0.3, 0.4) is 0 Å². The molecule has 11 heteroatoms. The summed E-state index contributed by atoms with van der Waals surface area (Å²) >= 11 is 18.4. The fraction of sp³-hybridized carbons (Fsp3) is 0.286. The van der Waals surface area contributed by atoms with E-state index in [9.17, 15) is 18.0 Å². The van der Waals surface area contributed by atoms with Gasteiger partial charge in [0.1, 0.15) is 12.6 Å². The molecule has 0 bridgehead atoms. The first-order chi connectivity index (χ1) is 18.3. The molecular weight excluding hydrogens is 581 g/mol. The van der Waals surface area contributed by atoms with E-state index in [1.165, 1.54) is 29.2 Å². The molecule has 0 fully saturated rings. The maximum Gasteiger partial charge on any atom is 0.264 e. The van der Waals surface area contributed by atoms with E-state index in [0.717, 1.165) is 4.31 Å². The van der Waals surface area contributed by atoms with Gasteiger partial charge >= 0.3 is 0 Å². The first-order valence-electron chi connectivity index (χ1n) is 12.2. The summed E-state index contributed by atoms with van der Waals surface area (Å²) in [4.78, 5) is 28.2. The van der Waals surface area contributed by atoms with Crippen molar-refractivity contribution in [2.45, 2.75) is 51.2 Å². The Labute approximate surface area is 244 Å². The van der Waals surface area contributed by atoms with Gasteiger partial charge in [0, 0.05) is 27.7 Å². The summed E-state index contributed by atoms with van der Waals surface area (Å²) in [5.41, 5.74) is 1.55. The Bertz CT molecular complexity index is 1450. The molecule has 0 aromatic heterocycles.